The Kier molecular flexibility index (Phi) is 11.5. The number of nitrogens with zero attached hydrogens (tertiary/aromatic N) is 3. The molecule has 0 amide bonds. The second kappa shape index (κ2) is 13.0. The lowest BCUT2D eigenvalue weighted by atomic mass is 10.3. The van der Waals surface area contributed by atoms with E-state index in [1.165, 1.54) is 31.0 Å². The number of aliphatic imine (C=N–C) groups is 1. The third-order valence-electron chi connectivity index (χ3n) is 4.32. The average molecular weight is 555 g/mol. The van der Waals surface area contributed by atoms with Crippen LogP contribution in [-0.4, -0.2) is 70.6 Å². The molecule has 0 aliphatic heterocycles. The zero-order chi connectivity index (χ0) is 21.3. The van der Waals surface area contributed by atoms with Crippen LogP contribution in [0.3, 0.4) is 0 Å². The first-order valence-corrected chi connectivity index (χ1v) is 11.1. The van der Waals surface area contributed by atoms with Crippen molar-refractivity contribution in [2.24, 2.45) is 10.9 Å². The number of hydrogen-bond acceptors (Lipinski definition) is 6. The fraction of sp³-hybridized carbons (Fsp3) is 0.611. The van der Waals surface area contributed by atoms with Gasteiger partial charge in [0, 0.05) is 45.4 Å². The smallest absolute Gasteiger partial charge is 0.270 e. The molecule has 2 N–H and O–H groups in total. The number of halogens is 1. The van der Waals surface area contributed by atoms with Crippen LogP contribution < -0.4 is 10.0 Å². The number of non-ortho nitro benzene ring substituents is 1. The van der Waals surface area contributed by atoms with Crippen molar-refractivity contribution in [1.82, 2.24) is 14.9 Å². The van der Waals surface area contributed by atoms with E-state index >= 15 is 0 Å². The number of likely N-dealkylation sites (N-methyl/N-ethyl adjacent to an activating group) is 1. The summed E-state index contributed by atoms with van der Waals surface area (Å²) in [5.41, 5.74) is -0.272. The summed E-state index contributed by atoms with van der Waals surface area (Å²) in [4.78, 5) is 16.4. The average Bonchev–Trinajstić information content (AvgIpc) is 3.52. The molecule has 1 aromatic rings. The number of nitrogens with one attached hydrogen (secondary N) is 2. The molecule has 12 heteroatoms. The molecule has 2 rings (SSSR count). The van der Waals surface area contributed by atoms with E-state index in [4.69, 9.17) is 4.74 Å². The Hall–Kier alpha value is -1.51. The van der Waals surface area contributed by atoms with Gasteiger partial charge in [-0.2, -0.15) is 0 Å². The summed E-state index contributed by atoms with van der Waals surface area (Å²) in [6.45, 7) is 5.04. The van der Waals surface area contributed by atoms with Crippen molar-refractivity contribution in [3.63, 3.8) is 0 Å². The number of rotatable bonds is 12. The molecule has 0 aromatic heterocycles. The fourth-order valence-electron chi connectivity index (χ4n) is 2.50. The SMILES string of the molecule is CCNC(=NCCNS(=O)(=O)c1cccc([N+](=O)[O-])c1)N(C)CCOCC1CC1.I. The predicted molar refractivity (Wildman–Crippen MR) is 126 cm³/mol. The molecule has 1 fully saturated rings. The first kappa shape index (κ1) is 26.5. The van der Waals surface area contributed by atoms with Crippen molar-refractivity contribution in [2.45, 2.75) is 24.7 Å². The molecule has 1 aliphatic carbocycles. The lowest BCUT2D eigenvalue weighted by Gasteiger charge is -2.22. The maximum Gasteiger partial charge on any atom is 0.270 e. The zero-order valence-corrected chi connectivity index (χ0v) is 20.4. The minimum atomic E-state index is -3.84. The molecule has 0 bridgehead atoms. The van der Waals surface area contributed by atoms with Gasteiger partial charge in [-0.15, -0.1) is 24.0 Å². The highest BCUT2D eigenvalue weighted by atomic mass is 127. The van der Waals surface area contributed by atoms with Gasteiger partial charge in [0.2, 0.25) is 10.0 Å². The van der Waals surface area contributed by atoms with Gasteiger partial charge >= 0.3 is 0 Å². The molecule has 0 atom stereocenters. The van der Waals surface area contributed by atoms with E-state index in [9.17, 15) is 18.5 Å². The minimum absolute atomic E-state index is 0. The number of nitro benzene ring substituents is 1. The first-order valence-electron chi connectivity index (χ1n) is 9.64. The molecule has 1 aromatic carbocycles. The van der Waals surface area contributed by atoms with E-state index < -0.39 is 14.9 Å². The summed E-state index contributed by atoms with van der Waals surface area (Å²) in [7, 11) is -1.95. The maximum atomic E-state index is 12.3. The van der Waals surface area contributed by atoms with Crippen LogP contribution in [0.2, 0.25) is 0 Å². The monoisotopic (exact) mass is 555 g/mol. The number of nitro groups is 1. The Morgan fingerprint density at radius 2 is 2.13 bits per heavy atom. The summed E-state index contributed by atoms with van der Waals surface area (Å²) < 4.78 is 32.7. The van der Waals surface area contributed by atoms with Gasteiger partial charge in [-0.05, 0) is 31.7 Å². The van der Waals surface area contributed by atoms with E-state index in [0.29, 0.717) is 25.7 Å². The second-order valence-corrected chi connectivity index (χ2v) is 8.59. The Morgan fingerprint density at radius 1 is 1.40 bits per heavy atom. The molecule has 170 valence electrons. The van der Waals surface area contributed by atoms with Crippen LogP contribution in [0.1, 0.15) is 19.8 Å². The molecule has 1 aliphatic rings. The number of ether oxygens (including phenoxy) is 1. The van der Waals surface area contributed by atoms with E-state index in [1.54, 1.807) is 0 Å². The maximum absolute atomic E-state index is 12.3. The Labute approximate surface area is 194 Å². The molecule has 0 radical (unpaired) electrons. The predicted octanol–water partition coefficient (Wildman–Crippen LogP) is 1.81. The van der Waals surface area contributed by atoms with E-state index in [1.807, 2.05) is 18.9 Å². The van der Waals surface area contributed by atoms with Gasteiger partial charge in [-0.25, -0.2) is 13.1 Å². The Morgan fingerprint density at radius 3 is 2.77 bits per heavy atom. The van der Waals surface area contributed by atoms with Crippen LogP contribution >= 0.6 is 24.0 Å². The molecular weight excluding hydrogens is 525 g/mol. The van der Waals surface area contributed by atoms with Crippen LogP contribution in [-0.2, 0) is 14.8 Å². The molecule has 1 saturated carbocycles. The normalized spacial score (nSPS) is 14.1. The highest BCUT2D eigenvalue weighted by molar-refractivity contribution is 14.0. The highest BCUT2D eigenvalue weighted by Crippen LogP contribution is 2.28. The lowest BCUT2D eigenvalue weighted by Crippen LogP contribution is -2.41. The van der Waals surface area contributed by atoms with Crippen molar-refractivity contribution in [3.8, 4) is 0 Å². The summed E-state index contributed by atoms with van der Waals surface area (Å²) in [6.07, 6.45) is 2.51. The molecule has 30 heavy (non-hydrogen) atoms. The van der Waals surface area contributed by atoms with Crippen molar-refractivity contribution >= 4 is 45.6 Å². The minimum Gasteiger partial charge on any atom is -0.379 e. The van der Waals surface area contributed by atoms with Crippen LogP contribution in [0.4, 0.5) is 5.69 Å². The van der Waals surface area contributed by atoms with E-state index in [2.05, 4.69) is 15.0 Å². The molecule has 0 unspecified atom stereocenters. The Balaban J connectivity index is 0.00000450. The number of guanidine groups is 1. The fourth-order valence-corrected chi connectivity index (χ4v) is 3.56. The van der Waals surface area contributed by atoms with Crippen LogP contribution in [0.25, 0.3) is 0 Å². The molecule has 0 spiro atoms. The molecule has 0 saturated heterocycles. The topological polar surface area (TPSA) is 126 Å². The summed E-state index contributed by atoms with van der Waals surface area (Å²) in [6, 6.07) is 4.94. The quantitative estimate of drug-likeness (QED) is 0.101. The van der Waals surface area contributed by atoms with Crippen LogP contribution in [0, 0.1) is 16.0 Å². The van der Waals surface area contributed by atoms with Gasteiger partial charge < -0.3 is 15.0 Å². The number of benzene rings is 1. The van der Waals surface area contributed by atoms with Gasteiger partial charge in [-0.3, -0.25) is 15.1 Å². The summed E-state index contributed by atoms with van der Waals surface area (Å²) in [5.74, 6) is 1.39. The molecule has 0 heterocycles. The lowest BCUT2D eigenvalue weighted by molar-refractivity contribution is -0.385. The largest absolute Gasteiger partial charge is 0.379 e. The third-order valence-corrected chi connectivity index (χ3v) is 5.78. The summed E-state index contributed by atoms with van der Waals surface area (Å²) in [5, 5.41) is 14.0. The second-order valence-electron chi connectivity index (χ2n) is 6.83. The zero-order valence-electron chi connectivity index (χ0n) is 17.2. The number of hydrogen-bond donors (Lipinski definition) is 2. The van der Waals surface area contributed by atoms with Crippen LogP contribution in [0.15, 0.2) is 34.2 Å². The Bertz CT molecular complexity index is 817. The first-order chi connectivity index (χ1) is 13.8. The van der Waals surface area contributed by atoms with E-state index in [-0.39, 0.29) is 47.6 Å². The van der Waals surface area contributed by atoms with Gasteiger partial charge in [0.1, 0.15) is 0 Å². The van der Waals surface area contributed by atoms with Gasteiger partial charge in [0.15, 0.2) is 5.96 Å². The van der Waals surface area contributed by atoms with Crippen molar-refractivity contribution in [3.05, 3.63) is 34.4 Å². The van der Waals surface area contributed by atoms with Gasteiger partial charge in [0.05, 0.1) is 23.0 Å². The van der Waals surface area contributed by atoms with Gasteiger partial charge in [0.25, 0.3) is 5.69 Å². The molecule has 10 nitrogen and oxygen atoms in total. The van der Waals surface area contributed by atoms with Crippen molar-refractivity contribution < 1.29 is 18.1 Å². The van der Waals surface area contributed by atoms with Gasteiger partial charge in [-0.1, -0.05) is 6.07 Å². The van der Waals surface area contributed by atoms with Crippen molar-refractivity contribution in [2.75, 3.05) is 46.4 Å². The third kappa shape index (κ3) is 9.10. The van der Waals surface area contributed by atoms with E-state index in [0.717, 1.165) is 18.6 Å². The highest BCUT2D eigenvalue weighted by Gasteiger charge is 2.21. The van der Waals surface area contributed by atoms with Crippen molar-refractivity contribution in [1.29, 1.82) is 0 Å². The number of sulfonamides is 1. The van der Waals surface area contributed by atoms with Crippen LogP contribution in [0.5, 0.6) is 0 Å². The molecular formula is C18H30IN5O5S. The standard InChI is InChI=1S/C18H29N5O5S.HI/c1-3-19-18(22(2)11-12-28-14-15-7-8-15)20-9-10-21-29(26,27)17-6-4-5-16(13-17)23(24)25;/h4-6,13,15,21H,3,7-12,14H2,1-2H3,(H,19,20);1H. The summed E-state index contributed by atoms with van der Waals surface area (Å²) >= 11 is 0.